The van der Waals surface area contributed by atoms with E-state index in [-0.39, 0.29) is 24.0 Å². The van der Waals surface area contributed by atoms with Crippen molar-refractivity contribution in [3.8, 4) is 0 Å². The zero-order valence-electron chi connectivity index (χ0n) is 14.5. The fourth-order valence-corrected chi connectivity index (χ4v) is 5.66. The number of nitrogens with zero attached hydrogens (tertiary/aromatic N) is 2. The van der Waals surface area contributed by atoms with Gasteiger partial charge in [-0.25, -0.2) is 8.42 Å². The molecule has 2 aliphatic rings. The number of likely N-dealkylation sites (N-methyl/N-ethyl adjacent to an activating group) is 1. The lowest BCUT2D eigenvalue weighted by molar-refractivity contribution is -0.134. The number of benzene rings is 1. The van der Waals surface area contributed by atoms with Crippen LogP contribution in [0.1, 0.15) is 24.3 Å². The second-order valence-electron chi connectivity index (χ2n) is 7.18. The third kappa shape index (κ3) is 4.40. The normalized spacial score (nSPS) is 27.3. The zero-order valence-corrected chi connectivity index (χ0v) is 15.4. The fourth-order valence-electron chi connectivity index (χ4n) is 3.82. The van der Waals surface area contributed by atoms with Crippen molar-refractivity contribution in [3.05, 3.63) is 35.9 Å². The first-order chi connectivity index (χ1) is 11.9. The van der Waals surface area contributed by atoms with E-state index in [2.05, 4.69) is 29.2 Å². The molecule has 1 aromatic carbocycles. The van der Waals surface area contributed by atoms with Crippen molar-refractivity contribution in [2.24, 2.45) is 0 Å². The molecule has 3 rings (SSSR count). The molecule has 0 aliphatic carbocycles. The molecule has 2 saturated heterocycles. The van der Waals surface area contributed by atoms with Gasteiger partial charge in [0.25, 0.3) is 0 Å². The highest BCUT2D eigenvalue weighted by Gasteiger charge is 2.40. The first-order valence-corrected chi connectivity index (χ1v) is 10.6. The molecule has 2 fully saturated rings. The van der Waals surface area contributed by atoms with E-state index in [0.29, 0.717) is 5.92 Å². The molecule has 0 radical (unpaired) electrons. The average Bonchev–Trinajstić information content (AvgIpc) is 2.88. The Kier molecular flexibility index (Phi) is 5.46. The van der Waals surface area contributed by atoms with Gasteiger partial charge >= 0.3 is 0 Å². The molecule has 6 nitrogen and oxygen atoms in total. The van der Waals surface area contributed by atoms with Crippen molar-refractivity contribution in [2.45, 2.75) is 30.9 Å². The Morgan fingerprint density at radius 1 is 1.20 bits per heavy atom. The van der Waals surface area contributed by atoms with E-state index in [4.69, 9.17) is 0 Å². The highest BCUT2D eigenvalue weighted by molar-refractivity contribution is 7.91. The van der Waals surface area contributed by atoms with Crippen molar-refractivity contribution >= 4 is 15.7 Å². The highest BCUT2D eigenvalue weighted by Crippen LogP contribution is 2.27. The summed E-state index contributed by atoms with van der Waals surface area (Å²) in [5.41, 5.74) is 1.35. The van der Waals surface area contributed by atoms with Crippen LogP contribution in [0.15, 0.2) is 30.3 Å². The van der Waals surface area contributed by atoms with Gasteiger partial charge in [-0.15, -0.1) is 0 Å². The Labute approximate surface area is 149 Å². The molecule has 25 heavy (non-hydrogen) atoms. The maximum atomic E-state index is 12.5. The Morgan fingerprint density at radius 2 is 1.84 bits per heavy atom. The molecule has 0 unspecified atom stereocenters. The monoisotopic (exact) mass is 366 g/mol. The Balaban J connectivity index is 1.51. The topological polar surface area (TPSA) is 77.9 Å². The summed E-state index contributed by atoms with van der Waals surface area (Å²) in [4.78, 5) is 16.0. The third-order valence-corrected chi connectivity index (χ3v) is 7.10. The van der Waals surface area contributed by atoms with Gasteiger partial charge < -0.3 is 10.0 Å². The number of amides is 1. The fraction of sp³-hybridized carbons (Fsp3) is 0.611. The van der Waals surface area contributed by atoms with Crippen LogP contribution in [0, 0.1) is 0 Å². The minimum Gasteiger partial charge on any atom is -0.390 e. The summed E-state index contributed by atoms with van der Waals surface area (Å²) in [7, 11) is -1.66. The maximum absolute atomic E-state index is 12.5. The number of hydrogen-bond donors (Lipinski definition) is 1. The second kappa shape index (κ2) is 7.43. The van der Waals surface area contributed by atoms with Crippen molar-refractivity contribution in [1.82, 2.24) is 9.80 Å². The summed E-state index contributed by atoms with van der Waals surface area (Å²) in [6.07, 6.45) is 1.05. The molecule has 2 atom stereocenters. The Bertz CT molecular complexity index is 699. The van der Waals surface area contributed by atoms with E-state index in [1.165, 1.54) is 10.5 Å². The summed E-state index contributed by atoms with van der Waals surface area (Å²) < 4.78 is 23.3. The van der Waals surface area contributed by atoms with E-state index in [1.807, 2.05) is 6.07 Å². The number of carbonyl (C=O) groups excluding carboxylic acids is 1. The van der Waals surface area contributed by atoms with E-state index < -0.39 is 22.0 Å². The van der Waals surface area contributed by atoms with Crippen LogP contribution in [0.4, 0.5) is 0 Å². The number of aliphatic hydroxyl groups is 1. The second-order valence-corrected chi connectivity index (χ2v) is 9.33. The molecule has 2 aliphatic heterocycles. The van der Waals surface area contributed by atoms with Gasteiger partial charge in [-0.05, 0) is 37.4 Å². The minimum atomic E-state index is -3.25. The number of piperidine rings is 1. The number of hydrogen-bond acceptors (Lipinski definition) is 5. The van der Waals surface area contributed by atoms with Crippen molar-refractivity contribution in [3.63, 3.8) is 0 Å². The van der Waals surface area contributed by atoms with Gasteiger partial charge in [-0.1, -0.05) is 30.3 Å². The lowest BCUT2D eigenvalue weighted by atomic mass is 9.89. The first-order valence-electron chi connectivity index (χ1n) is 8.77. The molecular weight excluding hydrogens is 340 g/mol. The molecule has 0 bridgehead atoms. The smallest absolute Gasteiger partial charge is 0.236 e. The van der Waals surface area contributed by atoms with E-state index in [1.54, 1.807) is 7.05 Å². The van der Waals surface area contributed by atoms with Gasteiger partial charge in [0, 0.05) is 7.05 Å². The SMILES string of the molecule is CN(C(=O)CN1CCC(c2ccccc2)CC1)[C@@H]1CS(=O)(=O)C[C@H]1O. The van der Waals surface area contributed by atoms with Gasteiger partial charge in [0.05, 0.1) is 30.2 Å². The van der Waals surface area contributed by atoms with Gasteiger partial charge in [0.1, 0.15) is 0 Å². The molecule has 1 N–H and O–H groups in total. The number of likely N-dealkylation sites (tertiary alicyclic amines) is 1. The number of carbonyl (C=O) groups is 1. The molecule has 0 aromatic heterocycles. The van der Waals surface area contributed by atoms with Gasteiger partial charge in [-0.2, -0.15) is 0 Å². The van der Waals surface area contributed by atoms with Crippen LogP contribution in [-0.4, -0.2) is 79.6 Å². The van der Waals surface area contributed by atoms with Crippen molar-refractivity contribution in [2.75, 3.05) is 38.2 Å². The van der Waals surface area contributed by atoms with Crippen molar-refractivity contribution < 1.29 is 18.3 Å². The summed E-state index contributed by atoms with van der Waals surface area (Å²) in [5.74, 6) is 0.0101. The third-order valence-electron chi connectivity index (χ3n) is 5.40. The zero-order chi connectivity index (χ0) is 18.0. The summed E-state index contributed by atoms with van der Waals surface area (Å²) in [6.45, 7) is 1.98. The summed E-state index contributed by atoms with van der Waals surface area (Å²) >= 11 is 0. The van der Waals surface area contributed by atoms with E-state index in [0.717, 1.165) is 25.9 Å². The van der Waals surface area contributed by atoms with Crippen LogP contribution in [0.25, 0.3) is 0 Å². The van der Waals surface area contributed by atoms with E-state index in [9.17, 15) is 18.3 Å². The lowest BCUT2D eigenvalue weighted by Gasteiger charge is -2.34. The standard InChI is InChI=1S/C18H26N2O4S/c1-19(16-12-25(23,24)13-17(16)21)18(22)11-20-9-7-15(8-10-20)14-5-3-2-4-6-14/h2-6,15-17,21H,7-13H2,1H3/t16-,17-/m1/s1. The molecule has 0 saturated carbocycles. The maximum Gasteiger partial charge on any atom is 0.236 e. The van der Waals surface area contributed by atoms with Crippen LogP contribution in [0.2, 0.25) is 0 Å². The van der Waals surface area contributed by atoms with Crippen LogP contribution < -0.4 is 0 Å². The predicted molar refractivity (Wildman–Crippen MR) is 96.1 cm³/mol. The van der Waals surface area contributed by atoms with Crippen LogP contribution in [0.5, 0.6) is 0 Å². The predicted octanol–water partition coefficient (Wildman–Crippen LogP) is 0.482. The van der Waals surface area contributed by atoms with Crippen molar-refractivity contribution in [1.29, 1.82) is 0 Å². The molecule has 2 heterocycles. The Morgan fingerprint density at radius 3 is 2.40 bits per heavy atom. The lowest BCUT2D eigenvalue weighted by Crippen LogP contribution is -2.49. The first kappa shape index (κ1) is 18.4. The van der Waals surface area contributed by atoms with Gasteiger partial charge in [-0.3, -0.25) is 9.69 Å². The summed E-state index contributed by atoms with van der Waals surface area (Å²) in [6, 6.07) is 9.81. The highest BCUT2D eigenvalue weighted by atomic mass is 32.2. The van der Waals surface area contributed by atoms with Crippen LogP contribution >= 0.6 is 0 Å². The van der Waals surface area contributed by atoms with E-state index >= 15 is 0 Å². The molecule has 138 valence electrons. The molecule has 1 aromatic rings. The van der Waals surface area contributed by atoms with Gasteiger partial charge in [0.15, 0.2) is 9.84 Å². The molecule has 0 spiro atoms. The van der Waals surface area contributed by atoms with Crippen LogP contribution in [0.3, 0.4) is 0 Å². The number of sulfone groups is 1. The number of aliphatic hydroxyl groups excluding tert-OH is 1. The quantitative estimate of drug-likeness (QED) is 0.839. The largest absolute Gasteiger partial charge is 0.390 e. The number of rotatable bonds is 4. The summed E-state index contributed by atoms with van der Waals surface area (Å²) in [5, 5.41) is 9.92. The minimum absolute atomic E-state index is 0.126. The Hall–Kier alpha value is -1.44. The average molecular weight is 366 g/mol. The van der Waals surface area contributed by atoms with Gasteiger partial charge in [0.2, 0.25) is 5.91 Å². The molecular formula is C18H26N2O4S. The molecule has 7 heteroatoms. The molecule has 1 amide bonds. The van der Waals surface area contributed by atoms with Crippen LogP contribution in [-0.2, 0) is 14.6 Å².